The fourth-order valence-electron chi connectivity index (χ4n) is 3.50. The number of anilines is 1. The summed E-state index contributed by atoms with van der Waals surface area (Å²) < 4.78 is 11.2. The zero-order chi connectivity index (χ0) is 18.8. The summed E-state index contributed by atoms with van der Waals surface area (Å²) in [6.07, 6.45) is 1.99. The molecule has 0 aromatic carbocycles. The minimum Gasteiger partial charge on any atom is -0.478 e. The summed E-state index contributed by atoms with van der Waals surface area (Å²) in [6, 6.07) is 0. The van der Waals surface area contributed by atoms with Gasteiger partial charge in [-0.25, -0.2) is 4.79 Å². The third-order valence-electron chi connectivity index (χ3n) is 5.17. The van der Waals surface area contributed by atoms with Crippen LogP contribution in [0.3, 0.4) is 0 Å². The van der Waals surface area contributed by atoms with Crippen molar-refractivity contribution in [2.24, 2.45) is 5.92 Å². The van der Waals surface area contributed by atoms with Crippen LogP contribution >= 0.6 is 11.3 Å². The van der Waals surface area contributed by atoms with Crippen molar-refractivity contribution in [3.05, 3.63) is 16.0 Å². The van der Waals surface area contributed by atoms with Crippen LogP contribution in [0.25, 0.3) is 0 Å². The number of ether oxygens (including phenoxy) is 2. The van der Waals surface area contributed by atoms with Crippen LogP contribution < -0.4 is 10.6 Å². The standard InChI is InChI=1S/C18H25N3O5S/c22-15(11-1-2-11)20-17-13(18(23)24)12-3-8-26-16(14(12)27-17)19-4-5-21-6-9-25-10-7-21/h11,16,19H,1-10H2,(H,20,22)(H,23,24). The Bertz CT molecular complexity index is 712. The molecule has 1 aromatic rings. The number of thiophene rings is 1. The topological polar surface area (TPSA) is 100 Å². The number of aromatic carboxylic acids is 1. The minimum absolute atomic E-state index is 0.0319. The van der Waals surface area contributed by atoms with E-state index in [1.54, 1.807) is 0 Å². The lowest BCUT2D eigenvalue weighted by molar-refractivity contribution is -0.117. The molecule has 148 valence electrons. The van der Waals surface area contributed by atoms with Gasteiger partial charge < -0.3 is 19.9 Å². The molecule has 9 heteroatoms. The molecular formula is C18H25N3O5S. The van der Waals surface area contributed by atoms with Crippen molar-refractivity contribution in [2.45, 2.75) is 25.5 Å². The number of rotatable bonds is 7. The Balaban J connectivity index is 1.45. The van der Waals surface area contributed by atoms with Gasteiger partial charge in [0, 0.05) is 32.1 Å². The first kappa shape index (κ1) is 18.8. The maximum Gasteiger partial charge on any atom is 0.339 e. The number of fused-ring (bicyclic) bond motifs is 1. The normalized spacial score (nSPS) is 23.0. The van der Waals surface area contributed by atoms with Gasteiger partial charge in [0.25, 0.3) is 0 Å². The summed E-state index contributed by atoms with van der Waals surface area (Å²) in [5.74, 6) is -1.04. The van der Waals surface area contributed by atoms with Crippen LogP contribution in [0.4, 0.5) is 5.00 Å². The van der Waals surface area contributed by atoms with E-state index in [0.29, 0.717) is 18.0 Å². The van der Waals surface area contributed by atoms with Crippen molar-refractivity contribution in [1.29, 1.82) is 0 Å². The largest absolute Gasteiger partial charge is 0.478 e. The molecule has 3 aliphatic rings. The van der Waals surface area contributed by atoms with Gasteiger partial charge in [-0.15, -0.1) is 11.3 Å². The first-order valence-corrected chi connectivity index (χ1v) is 10.3. The number of carboxylic acid groups (broad SMARTS) is 1. The van der Waals surface area contributed by atoms with Gasteiger partial charge >= 0.3 is 5.97 Å². The van der Waals surface area contributed by atoms with Gasteiger partial charge in [-0.2, -0.15) is 0 Å². The first-order chi connectivity index (χ1) is 13.1. The van der Waals surface area contributed by atoms with Crippen LogP contribution in [0.1, 0.15) is 39.9 Å². The molecule has 1 atom stereocenters. The van der Waals surface area contributed by atoms with Gasteiger partial charge in [0.15, 0.2) is 0 Å². The summed E-state index contributed by atoms with van der Waals surface area (Å²) in [7, 11) is 0. The summed E-state index contributed by atoms with van der Waals surface area (Å²) in [5.41, 5.74) is 1.01. The van der Waals surface area contributed by atoms with E-state index in [2.05, 4.69) is 15.5 Å². The predicted molar refractivity (Wildman–Crippen MR) is 100 cm³/mol. The minimum atomic E-state index is -0.993. The number of amides is 1. The quantitative estimate of drug-likeness (QED) is 0.640. The van der Waals surface area contributed by atoms with Gasteiger partial charge in [-0.05, 0) is 24.8 Å². The van der Waals surface area contributed by atoms with Gasteiger partial charge in [-0.3, -0.25) is 15.0 Å². The van der Waals surface area contributed by atoms with Crippen LogP contribution in [0.5, 0.6) is 0 Å². The van der Waals surface area contributed by atoms with Crippen LogP contribution in [0.2, 0.25) is 0 Å². The van der Waals surface area contributed by atoms with Crippen molar-refractivity contribution < 1.29 is 24.2 Å². The third-order valence-corrected chi connectivity index (χ3v) is 6.36. The van der Waals surface area contributed by atoms with Gasteiger partial charge in [-0.1, -0.05) is 0 Å². The fraction of sp³-hybridized carbons (Fsp3) is 0.667. The second-order valence-corrected chi connectivity index (χ2v) is 8.18. The lowest BCUT2D eigenvalue weighted by Gasteiger charge is -2.29. The van der Waals surface area contributed by atoms with E-state index in [1.165, 1.54) is 11.3 Å². The number of nitrogens with zero attached hydrogens (tertiary/aromatic N) is 1. The third kappa shape index (κ3) is 4.33. The lowest BCUT2D eigenvalue weighted by atomic mass is 10.0. The van der Waals surface area contributed by atoms with Crippen molar-refractivity contribution in [1.82, 2.24) is 10.2 Å². The predicted octanol–water partition coefficient (Wildman–Crippen LogP) is 1.29. The molecule has 8 nitrogen and oxygen atoms in total. The van der Waals surface area contributed by atoms with Crippen LogP contribution in [-0.4, -0.2) is 67.9 Å². The molecular weight excluding hydrogens is 370 g/mol. The molecule has 3 N–H and O–H groups in total. The van der Waals surface area contributed by atoms with Gasteiger partial charge in [0.05, 0.1) is 30.3 Å². The molecule has 1 aromatic heterocycles. The van der Waals surface area contributed by atoms with Crippen molar-refractivity contribution in [3.63, 3.8) is 0 Å². The molecule has 2 fully saturated rings. The monoisotopic (exact) mass is 395 g/mol. The Labute approximate surface area is 161 Å². The van der Waals surface area contributed by atoms with E-state index >= 15 is 0 Å². The van der Waals surface area contributed by atoms with Gasteiger partial charge in [0.1, 0.15) is 11.2 Å². The Kier molecular flexibility index (Phi) is 5.74. The average Bonchev–Trinajstić information content (AvgIpc) is 3.44. The van der Waals surface area contributed by atoms with E-state index in [4.69, 9.17) is 9.47 Å². The van der Waals surface area contributed by atoms with E-state index in [9.17, 15) is 14.7 Å². The molecule has 1 saturated heterocycles. The highest BCUT2D eigenvalue weighted by molar-refractivity contribution is 7.17. The maximum atomic E-state index is 12.1. The van der Waals surface area contributed by atoms with E-state index in [-0.39, 0.29) is 23.6 Å². The number of hydrogen-bond donors (Lipinski definition) is 3. The highest BCUT2D eigenvalue weighted by Gasteiger charge is 2.34. The average molecular weight is 395 g/mol. The molecule has 4 rings (SSSR count). The summed E-state index contributed by atoms with van der Waals surface area (Å²) >= 11 is 1.32. The molecule has 27 heavy (non-hydrogen) atoms. The van der Waals surface area contributed by atoms with Crippen LogP contribution in [0.15, 0.2) is 0 Å². The second-order valence-electron chi connectivity index (χ2n) is 7.13. The number of carbonyl (C=O) groups excluding carboxylic acids is 1. The van der Waals surface area contributed by atoms with Crippen LogP contribution in [-0.2, 0) is 20.7 Å². The first-order valence-electron chi connectivity index (χ1n) is 9.48. The zero-order valence-corrected chi connectivity index (χ0v) is 16.0. The SMILES string of the molecule is O=C(O)c1c(NC(=O)C2CC2)sc2c1CCOC2NCCN1CCOCC1. The Morgan fingerprint density at radius 1 is 1.22 bits per heavy atom. The molecule has 3 heterocycles. The molecule has 0 spiro atoms. The fourth-order valence-corrected chi connectivity index (χ4v) is 4.77. The van der Waals surface area contributed by atoms with Gasteiger partial charge in [0.2, 0.25) is 5.91 Å². The van der Waals surface area contributed by atoms with Crippen molar-refractivity contribution in [2.75, 3.05) is 51.3 Å². The number of nitrogens with one attached hydrogen (secondary N) is 2. The van der Waals surface area contributed by atoms with Crippen LogP contribution in [0, 0.1) is 5.92 Å². The highest BCUT2D eigenvalue weighted by atomic mass is 32.1. The van der Waals surface area contributed by atoms with Crippen molar-refractivity contribution in [3.8, 4) is 0 Å². The molecule has 1 amide bonds. The highest BCUT2D eigenvalue weighted by Crippen LogP contribution is 2.41. The molecule has 1 unspecified atom stereocenters. The lowest BCUT2D eigenvalue weighted by Crippen LogP contribution is -2.41. The Morgan fingerprint density at radius 3 is 2.70 bits per heavy atom. The van der Waals surface area contributed by atoms with E-state index in [1.807, 2.05) is 0 Å². The maximum absolute atomic E-state index is 12.1. The summed E-state index contributed by atoms with van der Waals surface area (Å²) in [6.45, 7) is 5.49. The zero-order valence-electron chi connectivity index (χ0n) is 15.2. The van der Waals surface area contributed by atoms with Crippen molar-refractivity contribution >= 4 is 28.2 Å². The molecule has 0 radical (unpaired) electrons. The summed E-state index contributed by atoms with van der Waals surface area (Å²) in [5, 5.41) is 16.4. The number of carboxylic acids is 1. The summed E-state index contributed by atoms with van der Waals surface area (Å²) in [4.78, 5) is 27.2. The molecule has 0 bridgehead atoms. The molecule has 1 aliphatic carbocycles. The second kappa shape index (κ2) is 8.24. The van der Waals surface area contributed by atoms with E-state index < -0.39 is 5.97 Å². The molecule has 2 aliphatic heterocycles. The Morgan fingerprint density at radius 2 is 2.00 bits per heavy atom. The Hall–Kier alpha value is -1.52. The number of morpholine rings is 1. The smallest absolute Gasteiger partial charge is 0.339 e. The number of carbonyl (C=O) groups is 2. The molecule has 1 saturated carbocycles. The number of hydrogen-bond acceptors (Lipinski definition) is 7. The van der Waals surface area contributed by atoms with E-state index in [0.717, 1.165) is 62.7 Å².